The van der Waals surface area contributed by atoms with Crippen LogP contribution in [-0.4, -0.2) is 32.0 Å². The summed E-state index contributed by atoms with van der Waals surface area (Å²) < 4.78 is 46.4. The summed E-state index contributed by atoms with van der Waals surface area (Å²) in [6.45, 7) is -1.62. The lowest BCUT2D eigenvalue weighted by Crippen LogP contribution is -2.19. The molecule has 0 heterocycles. The number of rotatable bonds is 8. The first-order valence-corrected chi connectivity index (χ1v) is 8.52. The number of methoxy groups -OCH3 is 1. The van der Waals surface area contributed by atoms with Gasteiger partial charge in [0.1, 0.15) is 12.4 Å². The average Bonchev–Trinajstić information content (AvgIpc) is 2.63. The summed E-state index contributed by atoms with van der Waals surface area (Å²) >= 11 is 5.79. The van der Waals surface area contributed by atoms with Gasteiger partial charge in [0.2, 0.25) is 5.91 Å². The summed E-state index contributed by atoms with van der Waals surface area (Å²) in [5.41, 5.74) is 4.18. The van der Waals surface area contributed by atoms with Crippen molar-refractivity contribution < 1.29 is 27.4 Å². The lowest BCUT2D eigenvalue weighted by Gasteiger charge is -2.11. The lowest BCUT2D eigenvalue weighted by molar-refractivity contribution is -0.176. The summed E-state index contributed by atoms with van der Waals surface area (Å²) in [6.07, 6.45) is -2.89. The second-order valence-corrected chi connectivity index (χ2v) is 6.21. The molecule has 0 aliphatic heterocycles. The number of hydrogen-bond donors (Lipinski definition) is 1. The summed E-state index contributed by atoms with van der Waals surface area (Å²) in [6, 6.07) is 11.7. The molecule has 0 atom stereocenters. The van der Waals surface area contributed by atoms with Gasteiger partial charge in [0.25, 0.3) is 0 Å². The van der Waals surface area contributed by atoms with Gasteiger partial charge in [-0.2, -0.15) is 18.3 Å². The fourth-order valence-corrected chi connectivity index (χ4v) is 2.40. The number of halogens is 4. The molecule has 0 bridgehead atoms. The van der Waals surface area contributed by atoms with Gasteiger partial charge in [-0.25, -0.2) is 5.43 Å². The van der Waals surface area contributed by atoms with E-state index in [1.807, 2.05) is 0 Å². The Morgan fingerprint density at radius 2 is 1.93 bits per heavy atom. The number of nitrogens with zero attached hydrogens (tertiary/aromatic N) is 1. The number of benzene rings is 2. The highest BCUT2D eigenvalue weighted by Gasteiger charge is 2.27. The Balaban J connectivity index is 1.93. The van der Waals surface area contributed by atoms with E-state index in [1.165, 1.54) is 13.3 Å². The molecule has 0 aliphatic carbocycles. The number of carbonyl (C=O) groups is 1. The fourth-order valence-electron chi connectivity index (χ4n) is 2.27. The predicted molar refractivity (Wildman–Crippen MR) is 99.6 cm³/mol. The quantitative estimate of drug-likeness (QED) is 0.522. The molecule has 9 heteroatoms. The second-order valence-electron chi connectivity index (χ2n) is 5.78. The Morgan fingerprint density at radius 3 is 2.57 bits per heavy atom. The zero-order valence-corrected chi connectivity index (χ0v) is 15.7. The molecule has 150 valence electrons. The van der Waals surface area contributed by atoms with Crippen molar-refractivity contribution in [2.45, 2.75) is 19.2 Å². The number of carbonyl (C=O) groups excluding carboxylic acids is 1. The highest BCUT2D eigenvalue weighted by molar-refractivity contribution is 6.30. The van der Waals surface area contributed by atoms with Crippen LogP contribution in [-0.2, 0) is 22.6 Å². The Hall–Kier alpha value is -2.58. The van der Waals surface area contributed by atoms with Crippen molar-refractivity contribution >= 4 is 23.7 Å². The number of amides is 1. The van der Waals surface area contributed by atoms with Crippen molar-refractivity contribution in [1.29, 1.82) is 0 Å². The number of hydrazone groups is 1. The third-order valence-electron chi connectivity index (χ3n) is 3.51. The summed E-state index contributed by atoms with van der Waals surface area (Å²) in [4.78, 5) is 11.9. The molecule has 0 aromatic heterocycles. The van der Waals surface area contributed by atoms with Crippen molar-refractivity contribution in [2.24, 2.45) is 5.10 Å². The van der Waals surface area contributed by atoms with Crippen LogP contribution in [0.4, 0.5) is 13.2 Å². The van der Waals surface area contributed by atoms with E-state index < -0.39 is 12.8 Å². The SMILES string of the molecule is COc1ccc(/C=N/NC(=O)Cc2ccc(Cl)cc2)cc1COCC(F)(F)F. The molecule has 0 radical (unpaired) electrons. The molecular formula is C19H18ClF3N2O3. The molecule has 2 aromatic carbocycles. The highest BCUT2D eigenvalue weighted by Crippen LogP contribution is 2.22. The van der Waals surface area contributed by atoms with E-state index in [4.69, 9.17) is 16.3 Å². The van der Waals surface area contributed by atoms with Crippen LogP contribution in [0.1, 0.15) is 16.7 Å². The van der Waals surface area contributed by atoms with Crippen LogP contribution in [0.25, 0.3) is 0 Å². The van der Waals surface area contributed by atoms with Crippen LogP contribution in [0, 0.1) is 0 Å². The smallest absolute Gasteiger partial charge is 0.411 e. The van der Waals surface area contributed by atoms with Gasteiger partial charge >= 0.3 is 6.18 Å². The molecule has 2 aromatic rings. The topological polar surface area (TPSA) is 59.9 Å². The molecule has 28 heavy (non-hydrogen) atoms. The van der Waals surface area contributed by atoms with E-state index >= 15 is 0 Å². The first kappa shape index (κ1) is 21.7. The van der Waals surface area contributed by atoms with E-state index in [0.29, 0.717) is 21.9 Å². The van der Waals surface area contributed by atoms with Crippen molar-refractivity contribution in [3.8, 4) is 5.75 Å². The predicted octanol–water partition coefficient (Wildman–Crippen LogP) is 4.12. The zero-order valence-electron chi connectivity index (χ0n) is 14.9. The molecule has 0 fully saturated rings. The van der Waals surface area contributed by atoms with E-state index in [2.05, 4.69) is 15.3 Å². The first-order valence-electron chi connectivity index (χ1n) is 8.14. The first-order chi connectivity index (χ1) is 13.3. The number of hydrogen-bond acceptors (Lipinski definition) is 4. The maximum absolute atomic E-state index is 12.2. The van der Waals surface area contributed by atoms with E-state index in [1.54, 1.807) is 42.5 Å². The van der Waals surface area contributed by atoms with Gasteiger partial charge in [0, 0.05) is 10.6 Å². The Labute approximate surface area is 165 Å². The second kappa shape index (κ2) is 10.1. The van der Waals surface area contributed by atoms with Crippen molar-refractivity contribution in [3.05, 3.63) is 64.2 Å². The van der Waals surface area contributed by atoms with Crippen LogP contribution in [0.2, 0.25) is 5.02 Å². The molecule has 0 unspecified atom stereocenters. The third-order valence-corrected chi connectivity index (χ3v) is 3.76. The molecule has 0 saturated heterocycles. The lowest BCUT2D eigenvalue weighted by atomic mass is 10.1. The maximum atomic E-state index is 12.2. The fraction of sp³-hybridized carbons (Fsp3) is 0.263. The Kier molecular flexibility index (Phi) is 7.83. The van der Waals surface area contributed by atoms with Gasteiger partial charge in [0.15, 0.2) is 0 Å². The van der Waals surface area contributed by atoms with Gasteiger partial charge in [0.05, 0.1) is 26.4 Å². The van der Waals surface area contributed by atoms with E-state index in [-0.39, 0.29) is 18.9 Å². The molecule has 5 nitrogen and oxygen atoms in total. The van der Waals surface area contributed by atoms with Crippen LogP contribution in [0.15, 0.2) is 47.6 Å². The minimum atomic E-state index is -4.40. The normalized spacial score (nSPS) is 11.6. The third kappa shape index (κ3) is 7.58. The van der Waals surface area contributed by atoms with E-state index in [9.17, 15) is 18.0 Å². The van der Waals surface area contributed by atoms with Crippen molar-refractivity contribution in [1.82, 2.24) is 5.43 Å². The molecule has 1 N–H and O–H groups in total. The summed E-state index contributed by atoms with van der Waals surface area (Å²) in [5.74, 6) is 0.0758. The molecule has 0 saturated carbocycles. The van der Waals surface area contributed by atoms with Crippen LogP contribution >= 0.6 is 11.6 Å². The Morgan fingerprint density at radius 1 is 1.21 bits per heavy atom. The number of alkyl halides is 3. The summed E-state index contributed by atoms with van der Waals surface area (Å²) in [7, 11) is 1.41. The Bertz CT molecular complexity index is 824. The monoisotopic (exact) mass is 414 g/mol. The molecule has 0 aliphatic rings. The maximum Gasteiger partial charge on any atom is 0.411 e. The minimum absolute atomic E-state index is 0.133. The van der Waals surface area contributed by atoms with Gasteiger partial charge in [-0.1, -0.05) is 23.7 Å². The zero-order chi connectivity index (χ0) is 20.6. The highest BCUT2D eigenvalue weighted by atomic mass is 35.5. The summed E-state index contributed by atoms with van der Waals surface area (Å²) in [5, 5.41) is 4.44. The standard InChI is InChI=1S/C19H18ClF3N2O3/c1-27-17-7-4-14(8-15(17)11-28-12-19(21,22)23)10-24-25-18(26)9-13-2-5-16(20)6-3-13/h2-8,10H,9,11-12H2,1H3,(H,25,26)/b24-10+. The molecule has 1 amide bonds. The minimum Gasteiger partial charge on any atom is -0.496 e. The van der Waals surface area contributed by atoms with E-state index in [0.717, 1.165) is 5.56 Å². The van der Waals surface area contributed by atoms with Gasteiger partial charge in [-0.3, -0.25) is 4.79 Å². The van der Waals surface area contributed by atoms with Crippen LogP contribution in [0.5, 0.6) is 5.75 Å². The van der Waals surface area contributed by atoms with Gasteiger partial charge in [-0.05, 0) is 41.5 Å². The van der Waals surface area contributed by atoms with Crippen LogP contribution < -0.4 is 10.2 Å². The largest absolute Gasteiger partial charge is 0.496 e. The molecule has 2 rings (SSSR count). The number of nitrogens with one attached hydrogen (secondary N) is 1. The van der Waals surface area contributed by atoms with Gasteiger partial charge < -0.3 is 9.47 Å². The molecular weight excluding hydrogens is 397 g/mol. The number of ether oxygens (including phenoxy) is 2. The van der Waals surface area contributed by atoms with Gasteiger partial charge in [-0.15, -0.1) is 0 Å². The average molecular weight is 415 g/mol. The van der Waals surface area contributed by atoms with Crippen molar-refractivity contribution in [3.63, 3.8) is 0 Å². The van der Waals surface area contributed by atoms with Crippen LogP contribution in [0.3, 0.4) is 0 Å². The molecule has 0 spiro atoms. The van der Waals surface area contributed by atoms with Crippen molar-refractivity contribution in [2.75, 3.05) is 13.7 Å².